The molecule has 0 aliphatic heterocycles. The Kier molecular flexibility index (Phi) is 3.16. The van der Waals surface area contributed by atoms with E-state index in [4.69, 9.17) is 4.74 Å². The third-order valence-corrected chi connectivity index (χ3v) is 3.57. The summed E-state index contributed by atoms with van der Waals surface area (Å²) in [5.74, 6) is 0.462. The van der Waals surface area contributed by atoms with E-state index in [0.717, 1.165) is 11.1 Å². The number of allylic oxidation sites excluding steroid dienone is 1. The maximum absolute atomic E-state index is 12.1. The van der Waals surface area contributed by atoms with Gasteiger partial charge in [-0.1, -0.05) is 44.2 Å². The van der Waals surface area contributed by atoms with Gasteiger partial charge in [0.05, 0.1) is 5.60 Å². The van der Waals surface area contributed by atoms with Crippen LogP contribution in [0.25, 0.3) is 5.57 Å². The van der Waals surface area contributed by atoms with Gasteiger partial charge in [0.15, 0.2) is 5.78 Å². The molecule has 0 fully saturated rings. The van der Waals surface area contributed by atoms with E-state index >= 15 is 0 Å². The number of rotatable bonds is 3. The lowest BCUT2D eigenvalue weighted by Crippen LogP contribution is -2.33. The lowest BCUT2D eigenvalue weighted by atomic mass is 9.89. The topological polar surface area (TPSA) is 26.3 Å². The Hall–Kier alpha value is -1.41. The largest absolute Gasteiger partial charge is 0.373 e. The molecule has 1 aliphatic rings. The van der Waals surface area contributed by atoms with E-state index in [1.54, 1.807) is 7.11 Å². The quantitative estimate of drug-likeness (QED) is 0.797. The summed E-state index contributed by atoms with van der Waals surface area (Å²) in [5.41, 5.74) is 1.35. The second-order valence-electron chi connectivity index (χ2n) is 4.84. The van der Waals surface area contributed by atoms with E-state index in [1.807, 2.05) is 36.4 Å². The first kappa shape index (κ1) is 12.1. The highest BCUT2D eigenvalue weighted by Gasteiger charge is 2.41. The third kappa shape index (κ3) is 2.05. The zero-order valence-electron chi connectivity index (χ0n) is 10.6. The summed E-state index contributed by atoms with van der Waals surface area (Å²) in [4.78, 5) is 12.1. The van der Waals surface area contributed by atoms with Crippen LogP contribution in [0.4, 0.5) is 0 Å². The summed E-state index contributed by atoms with van der Waals surface area (Å²) in [7, 11) is 1.68. The number of carbonyl (C=O) groups excluding carboxylic acids is 1. The zero-order valence-corrected chi connectivity index (χ0v) is 10.6. The summed E-state index contributed by atoms with van der Waals surface area (Å²) in [5, 5.41) is 0. The molecule has 1 aliphatic carbocycles. The highest BCUT2D eigenvalue weighted by Crippen LogP contribution is 2.38. The molecule has 0 bridgehead atoms. The Morgan fingerprint density at radius 1 is 1.24 bits per heavy atom. The number of hydrogen-bond acceptors (Lipinski definition) is 2. The normalized spacial score (nSPS) is 24.2. The van der Waals surface area contributed by atoms with Crippen molar-refractivity contribution in [2.24, 2.45) is 5.92 Å². The van der Waals surface area contributed by atoms with Crippen LogP contribution < -0.4 is 0 Å². The summed E-state index contributed by atoms with van der Waals surface area (Å²) in [6, 6.07) is 9.79. The van der Waals surface area contributed by atoms with E-state index in [1.165, 1.54) is 0 Å². The first-order chi connectivity index (χ1) is 8.09. The molecule has 2 rings (SSSR count). The second-order valence-corrected chi connectivity index (χ2v) is 4.84. The van der Waals surface area contributed by atoms with Crippen molar-refractivity contribution in [3.8, 4) is 0 Å². The lowest BCUT2D eigenvalue weighted by molar-refractivity contribution is -0.117. The van der Waals surface area contributed by atoms with Gasteiger partial charge in [-0.3, -0.25) is 4.79 Å². The molecule has 90 valence electrons. The highest BCUT2D eigenvalue weighted by molar-refractivity contribution is 6.23. The smallest absolute Gasteiger partial charge is 0.166 e. The predicted molar refractivity (Wildman–Crippen MR) is 68.6 cm³/mol. The van der Waals surface area contributed by atoms with Gasteiger partial charge in [-0.15, -0.1) is 0 Å². The zero-order chi connectivity index (χ0) is 12.5. The molecule has 17 heavy (non-hydrogen) atoms. The van der Waals surface area contributed by atoms with Crippen LogP contribution in [0.2, 0.25) is 0 Å². The molecule has 0 saturated carbocycles. The van der Waals surface area contributed by atoms with Crippen molar-refractivity contribution < 1.29 is 9.53 Å². The Bertz CT molecular complexity index is 445. The number of hydrogen-bond donors (Lipinski definition) is 0. The van der Waals surface area contributed by atoms with Gasteiger partial charge in [0.2, 0.25) is 0 Å². The van der Waals surface area contributed by atoms with Crippen LogP contribution in [-0.4, -0.2) is 18.5 Å². The number of ketones is 1. The van der Waals surface area contributed by atoms with Gasteiger partial charge in [-0.25, -0.2) is 0 Å². The maximum atomic E-state index is 12.1. The van der Waals surface area contributed by atoms with Crippen LogP contribution in [0.5, 0.6) is 0 Å². The summed E-state index contributed by atoms with van der Waals surface area (Å²) >= 11 is 0. The monoisotopic (exact) mass is 230 g/mol. The van der Waals surface area contributed by atoms with Crippen LogP contribution >= 0.6 is 0 Å². The van der Waals surface area contributed by atoms with Gasteiger partial charge < -0.3 is 4.74 Å². The van der Waals surface area contributed by atoms with E-state index in [-0.39, 0.29) is 11.7 Å². The number of Topliss-reactive ketones (excluding diaryl/α,β-unsaturated/α-hetero) is 1. The molecule has 2 nitrogen and oxygen atoms in total. The number of ether oxygens (including phenoxy) is 1. The minimum Gasteiger partial charge on any atom is -0.373 e. The summed E-state index contributed by atoms with van der Waals surface area (Å²) in [6.45, 7) is 4.17. The van der Waals surface area contributed by atoms with E-state index in [9.17, 15) is 4.79 Å². The van der Waals surface area contributed by atoms with Gasteiger partial charge >= 0.3 is 0 Å². The van der Waals surface area contributed by atoms with Gasteiger partial charge in [-0.05, 0) is 17.6 Å². The minimum atomic E-state index is -0.428. The summed E-state index contributed by atoms with van der Waals surface area (Å²) < 4.78 is 5.59. The number of benzene rings is 1. The average molecular weight is 230 g/mol. The van der Waals surface area contributed by atoms with E-state index < -0.39 is 5.60 Å². The maximum Gasteiger partial charge on any atom is 0.166 e. The lowest BCUT2D eigenvalue weighted by Gasteiger charge is -2.29. The van der Waals surface area contributed by atoms with Crippen LogP contribution in [0.1, 0.15) is 25.8 Å². The minimum absolute atomic E-state index is 0.173. The molecule has 0 amide bonds. The van der Waals surface area contributed by atoms with Gasteiger partial charge in [0, 0.05) is 19.1 Å². The van der Waals surface area contributed by atoms with Crippen molar-refractivity contribution in [2.75, 3.05) is 7.11 Å². The molecule has 0 N–H and O–H groups in total. The van der Waals surface area contributed by atoms with Crippen LogP contribution in [-0.2, 0) is 9.53 Å². The predicted octanol–water partition coefficient (Wildman–Crippen LogP) is 3.08. The number of methoxy groups -OCH3 is 1. The molecule has 2 heteroatoms. The highest BCUT2D eigenvalue weighted by atomic mass is 16.5. The van der Waals surface area contributed by atoms with Gasteiger partial charge in [0.1, 0.15) is 0 Å². The summed E-state index contributed by atoms with van der Waals surface area (Å²) in [6.07, 6.45) is 2.45. The molecule has 0 saturated heterocycles. The average Bonchev–Trinajstić information content (AvgIpc) is 2.69. The van der Waals surface area contributed by atoms with Crippen molar-refractivity contribution in [1.82, 2.24) is 0 Å². The molecule has 1 aromatic carbocycles. The molecule has 0 heterocycles. The molecule has 1 atom stereocenters. The fourth-order valence-corrected chi connectivity index (χ4v) is 2.32. The molecule has 0 aromatic heterocycles. The molecule has 1 aromatic rings. The Morgan fingerprint density at radius 2 is 1.88 bits per heavy atom. The van der Waals surface area contributed by atoms with Crippen molar-refractivity contribution in [3.63, 3.8) is 0 Å². The molecular weight excluding hydrogens is 212 g/mol. The second kappa shape index (κ2) is 4.46. The Labute approximate surface area is 102 Å². The molecule has 0 spiro atoms. The SMILES string of the molecule is CO[C@]1(C(C)C)C=C(c2ccccc2)C(=O)C1. The van der Waals surface area contributed by atoms with Crippen molar-refractivity contribution >= 4 is 11.4 Å². The van der Waals surface area contributed by atoms with Crippen molar-refractivity contribution in [2.45, 2.75) is 25.9 Å². The van der Waals surface area contributed by atoms with Crippen LogP contribution in [0.3, 0.4) is 0 Å². The fourth-order valence-electron chi connectivity index (χ4n) is 2.32. The van der Waals surface area contributed by atoms with E-state index in [0.29, 0.717) is 6.42 Å². The standard InChI is InChI=1S/C15H18O2/c1-11(2)15(17-3)9-13(14(16)10-15)12-7-5-4-6-8-12/h4-9,11H,10H2,1-3H3/t15-/m1/s1. The first-order valence-corrected chi connectivity index (χ1v) is 5.96. The molecule has 0 unspecified atom stereocenters. The Balaban J connectivity index is 2.42. The third-order valence-electron chi connectivity index (χ3n) is 3.57. The first-order valence-electron chi connectivity index (χ1n) is 5.96. The van der Waals surface area contributed by atoms with E-state index in [2.05, 4.69) is 13.8 Å². The van der Waals surface area contributed by atoms with Crippen LogP contribution in [0, 0.1) is 5.92 Å². The number of carbonyl (C=O) groups is 1. The van der Waals surface area contributed by atoms with Crippen molar-refractivity contribution in [1.29, 1.82) is 0 Å². The Morgan fingerprint density at radius 3 is 2.35 bits per heavy atom. The molecule has 0 radical (unpaired) electrons. The fraction of sp³-hybridized carbons (Fsp3) is 0.400. The van der Waals surface area contributed by atoms with Crippen LogP contribution in [0.15, 0.2) is 36.4 Å². The van der Waals surface area contributed by atoms with Gasteiger partial charge in [-0.2, -0.15) is 0 Å². The van der Waals surface area contributed by atoms with Gasteiger partial charge in [0.25, 0.3) is 0 Å². The van der Waals surface area contributed by atoms with Crippen molar-refractivity contribution in [3.05, 3.63) is 42.0 Å². The molecular formula is C15H18O2.